The quantitative estimate of drug-likeness (QED) is 0.856. The second-order valence-electron chi connectivity index (χ2n) is 3.70. The number of carbonyl (C=O) groups excluding carboxylic acids is 3. The molecule has 1 aliphatic heterocycles. The van der Waals surface area contributed by atoms with Gasteiger partial charge in [0, 0.05) is 15.7 Å². The van der Waals surface area contributed by atoms with Crippen molar-refractivity contribution in [3.63, 3.8) is 0 Å². The van der Waals surface area contributed by atoms with Crippen molar-refractivity contribution < 1.29 is 19.1 Å². The van der Waals surface area contributed by atoms with Gasteiger partial charge >= 0.3 is 11.8 Å². The number of anilines is 1. The molecular formula is C12H9BrN3O3+. The van der Waals surface area contributed by atoms with Crippen LogP contribution in [0.25, 0.3) is 0 Å². The van der Waals surface area contributed by atoms with Crippen LogP contribution in [0.5, 0.6) is 0 Å². The lowest BCUT2D eigenvalue weighted by Gasteiger charge is -2.05. The number of amides is 3. The zero-order chi connectivity index (χ0) is 13.8. The van der Waals surface area contributed by atoms with E-state index in [0.29, 0.717) is 5.69 Å². The first kappa shape index (κ1) is 13.3. The molecule has 0 spiro atoms. The standard InChI is InChI=1S/C12H8BrN3O3/c13-8-3-1-2-4-9(8)14-11(18)7-16-12(19)6-5-10(17)15-16/h1-6H,7H2/p+1. The molecule has 7 heteroatoms. The van der Waals surface area contributed by atoms with Crippen LogP contribution >= 0.6 is 15.9 Å². The molecule has 0 saturated carbocycles. The molecule has 1 heterocycles. The minimum Gasteiger partial charge on any atom is -0.319 e. The Bertz CT molecular complexity index is 622. The van der Waals surface area contributed by atoms with Crippen LogP contribution in [0.3, 0.4) is 0 Å². The summed E-state index contributed by atoms with van der Waals surface area (Å²) >= 11 is 3.29. The van der Waals surface area contributed by atoms with Crippen LogP contribution in [-0.4, -0.2) is 29.0 Å². The number of nitrogens with zero attached hydrogens (tertiary/aromatic N) is 2. The molecule has 0 unspecified atom stereocenters. The van der Waals surface area contributed by atoms with Gasteiger partial charge in [-0.1, -0.05) is 12.1 Å². The largest absolute Gasteiger partial charge is 0.437 e. The Morgan fingerprint density at radius 1 is 1.26 bits per heavy atom. The lowest BCUT2D eigenvalue weighted by Crippen LogP contribution is -2.31. The highest BCUT2D eigenvalue weighted by molar-refractivity contribution is 9.10. The van der Waals surface area contributed by atoms with Gasteiger partial charge in [-0.05, 0) is 32.8 Å². The number of azo groups is 2. The molecule has 1 aromatic rings. The van der Waals surface area contributed by atoms with Crippen LogP contribution in [0.15, 0.2) is 46.0 Å². The lowest BCUT2D eigenvalue weighted by molar-refractivity contribution is -0.495. The Balaban J connectivity index is 2.05. The van der Waals surface area contributed by atoms with Crippen molar-refractivity contribution >= 4 is 39.3 Å². The van der Waals surface area contributed by atoms with E-state index in [2.05, 4.69) is 26.4 Å². The van der Waals surface area contributed by atoms with E-state index in [0.717, 1.165) is 21.3 Å². The summed E-state index contributed by atoms with van der Waals surface area (Å²) in [5.41, 5.74) is 0.582. The Kier molecular flexibility index (Phi) is 3.96. The van der Waals surface area contributed by atoms with Crippen molar-refractivity contribution in [2.75, 3.05) is 11.9 Å². The molecular weight excluding hydrogens is 314 g/mol. The minimum absolute atomic E-state index is 0.309. The molecule has 1 aromatic carbocycles. The molecule has 6 nitrogen and oxygen atoms in total. The monoisotopic (exact) mass is 322 g/mol. The van der Waals surface area contributed by atoms with Crippen molar-refractivity contribution in [2.45, 2.75) is 0 Å². The smallest absolute Gasteiger partial charge is 0.319 e. The van der Waals surface area contributed by atoms with E-state index < -0.39 is 17.7 Å². The summed E-state index contributed by atoms with van der Waals surface area (Å²) < 4.78 is 1.55. The topological polar surface area (TPSA) is 78.6 Å². The van der Waals surface area contributed by atoms with Gasteiger partial charge in [0.2, 0.25) is 0 Å². The van der Waals surface area contributed by atoms with Crippen LogP contribution < -0.4 is 5.32 Å². The zero-order valence-electron chi connectivity index (χ0n) is 9.67. The third-order valence-corrected chi connectivity index (χ3v) is 2.97. The summed E-state index contributed by atoms with van der Waals surface area (Å²) in [5.74, 6) is -1.50. The van der Waals surface area contributed by atoms with Crippen LogP contribution in [-0.2, 0) is 14.4 Å². The van der Waals surface area contributed by atoms with Crippen LogP contribution in [0.2, 0.25) is 0 Å². The third kappa shape index (κ3) is 3.41. The first-order chi connectivity index (χ1) is 9.06. The van der Waals surface area contributed by atoms with Crippen molar-refractivity contribution in [1.29, 1.82) is 0 Å². The van der Waals surface area contributed by atoms with E-state index in [-0.39, 0.29) is 6.54 Å². The van der Waals surface area contributed by atoms with Crippen molar-refractivity contribution in [1.82, 2.24) is 0 Å². The molecule has 3 amide bonds. The number of carbonyl (C=O) groups is 3. The Hall–Kier alpha value is -2.15. The highest BCUT2D eigenvalue weighted by Crippen LogP contribution is 2.20. The number of halogens is 1. The van der Waals surface area contributed by atoms with E-state index in [1.165, 1.54) is 0 Å². The maximum atomic E-state index is 11.8. The lowest BCUT2D eigenvalue weighted by atomic mass is 10.3. The highest BCUT2D eigenvalue weighted by atomic mass is 79.9. The van der Waals surface area contributed by atoms with Gasteiger partial charge in [0.1, 0.15) is 0 Å². The molecule has 0 aromatic heterocycles. The van der Waals surface area contributed by atoms with Gasteiger partial charge in [-0.2, -0.15) is 0 Å². The molecule has 0 radical (unpaired) electrons. The maximum absolute atomic E-state index is 11.8. The fourth-order valence-electron chi connectivity index (χ4n) is 1.43. The van der Waals surface area contributed by atoms with E-state index in [9.17, 15) is 14.4 Å². The first-order valence-electron chi connectivity index (χ1n) is 5.36. The Labute approximate surface area is 116 Å². The van der Waals surface area contributed by atoms with Gasteiger partial charge in [-0.15, -0.1) is 0 Å². The predicted molar refractivity (Wildman–Crippen MR) is 69.5 cm³/mol. The number of nitrogens with one attached hydrogen (secondary N) is 1. The van der Waals surface area contributed by atoms with E-state index >= 15 is 0 Å². The van der Waals surface area contributed by atoms with Gasteiger partial charge in [0.05, 0.1) is 11.8 Å². The molecule has 0 saturated heterocycles. The molecule has 2 rings (SSSR count). The minimum atomic E-state index is -0.562. The number of para-hydroxylation sites is 1. The summed E-state index contributed by atoms with van der Waals surface area (Å²) in [6.45, 7) is -0.309. The molecule has 0 fully saturated rings. The summed E-state index contributed by atoms with van der Waals surface area (Å²) in [6.07, 6.45) is 2.14. The van der Waals surface area contributed by atoms with Crippen molar-refractivity contribution in [3.8, 4) is 0 Å². The molecule has 1 N–H and O–H groups in total. The SMILES string of the molecule is O=C1C=CC(=O)[N+](CC(=O)Nc2ccccc2Br)=N1. The van der Waals surface area contributed by atoms with Crippen LogP contribution in [0.4, 0.5) is 5.69 Å². The summed E-state index contributed by atoms with van der Waals surface area (Å²) in [4.78, 5) is 34.2. The summed E-state index contributed by atoms with van der Waals surface area (Å²) in [5, 5.41) is 6.07. The zero-order valence-corrected chi connectivity index (χ0v) is 11.3. The molecule has 0 atom stereocenters. The van der Waals surface area contributed by atoms with E-state index in [1.807, 2.05) is 6.07 Å². The van der Waals surface area contributed by atoms with E-state index in [1.54, 1.807) is 18.2 Å². The number of hydrogen-bond acceptors (Lipinski definition) is 3. The van der Waals surface area contributed by atoms with Gasteiger partial charge in [-0.25, -0.2) is 4.79 Å². The molecule has 19 heavy (non-hydrogen) atoms. The summed E-state index contributed by atoms with van der Waals surface area (Å²) in [7, 11) is 0. The van der Waals surface area contributed by atoms with E-state index in [4.69, 9.17) is 0 Å². The van der Waals surface area contributed by atoms with Crippen LogP contribution in [0, 0.1) is 0 Å². The van der Waals surface area contributed by atoms with Crippen molar-refractivity contribution in [2.24, 2.45) is 5.11 Å². The van der Waals surface area contributed by atoms with Crippen LogP contribution in [0.1, 0.15) is 0 Å². The number of rotatable bonds is 3. The number of benzene rings is 1. The van der Waals surface area contributed by atoms with Crippen molar-refractivity contribution in [3.05, 3.63) is 40.9 Å². The fourth-order valence-corrected chi connectivity index (χ4v) is 1.82. The first-order valence-corrected chi connectivity index (χ1v) is 6.15. The van der Waals surface area contributed by atoms with Gasteiger partial charge in [0.25, 0.3) is 12.5 Å². The number of hydrogen-bond donors (Lipinski definition) is 1. The molecule has 96 valence electrons. The summed E-state index contributed by atoms with van der Waals surface area (Å²) in [6, 6.07) is 7.07. The third-order valence-electron chi connectivity index (χ3n) is 2.28. The second-order valence-corrected chi connectivity index (χ2v) is 4.55. The average molecular weight is 323 g/mol. The Morgan fingerprint density at radius 2 is 2.00 bits per heavy atom. The normalized spacial score (nSPS) is 14.3. The van der Waals surface area contributed by atoms with Gasteiger partial charge in [0.15, 0.2) is 0 Å². The Morgan fingerprint density at radius 3 is 2.74 bits per heavy atom. The van der Waals surface area contributed by atoms with Gasteiger partial charge < -0.3 is 5.32 Å². The maximum Gasteiger partial charge on any atom is 0.437 e. The second kappa shape index (κ2) is 5.66. The van der Waals surface area contributed by atoms with Gasteiger partial charge in [-0.3, -0.25) is 9.59 Å². The molecule has 0 bridgehead atoms. The fraction of sp³-hybridized carbons (Fsp3) is 0.0833. The molecule has 0 aliphatic carbocycles. The molecule has 1 aliphatic rings. The highest BCUT2D eigenvalue weighted by Gasteiger charge is 2.26. The predicted octanol–water partition coefficient (Wildman–Crippen LogP) is 1.48. The average Bonchev–Trinajstić information content (AvgIpc) is 2.37.